The monoisotopic (exact) mass is 275 g/mol. The van der Waals surface area contributed by atoms with Crippen molar-refractivity contribution < 1.29 is 4.74 Å². The summed E-state index contributed by atoms with van der Waals surface area (Å²) in [5.74, 6) is 0.0853. The predicted molar refractivity (Wildman–Crippen MR) is 77.7 cm³/mol. The molecule has 100 valence electrons. The maximum absolute atomic E-state index is 7.39. The highest BCUT2D eigenvalue weighted by molar-refractivity contribution is 7.09. The summed E-state index contributed by atoms with van der Waals surface area (Å²) in [5.41, 5.74) is 10.2. The van der Waals surface area contributed by atoms with Crippen LogP contribution < -0.4 is 5.73 Å². The van der Waals surface area contributed by atoms with Crippen molar-refractivity contribution in [3.63, 3.8) is 0 Å². The zero-order chi connectivity index (χ0) is 13.7. The van der Waals surface area contributed by atoms with E-state index in [1.807, 2.05) is 36.7 Å². The highest BCUT2D eigenvalue weighted by atomic mass is 32.1. The number of nitrogen functional groups attached to an aromatic ring is 1. The molecular formula is C14H17N3OS. The Kier molecular flexibility index (Phi) is 4.65. The molecule has 0 fully saturated rings. The lowest BCUT2D eigenvalue weighted by atomic mass is 10.1. The third-order valence-corrected chi connectivity index (χ3v) is 3.82. The molecule has 0 spiro atoms. The fourth-order valence-electron chi connectivity index (χ4n) is 1.75. The minimum atomic E-state index is 0.0853. The Labute approximate surface area is 116 Å². The third-order valence-electron chi connectivity index (χ3n) is 2.83. The second kappa shape index (κ2) is 6.45. The molecule has 0 atom stereocenters. The Balaban J connectivity index is 1.81. The van der Waals surface area contributed by atoms with Crippen LogP contribution in [0.2, 0.25) is 0 Å². The molecular weight excluding hydrogens is 258 g/mol. The molecule has 0 radical (unpaired) electrons. The second-order valence-corrected chi connectivity index (χ2v) is 5.22. The van der Waals surface area contributed by atoms with Crippen LogP contribution in [0.1, 0.15) is 21.7 Å². The maximum Gasteiger partial charge on any atom is 0.122 e. The van der Waals surface area contributed by atoms with Gasteiger partial charge in [0.05, 0.1) is 24.4 Å². The first-order valence-electron chi connectivity index (χ1n) is 6.07. The van der Waals surface area contributed by atoms with Crippen molar-refractivity contribution in [1.82, 2.24) is 4.98 Å². The molecule has 0 unspecified atom stereocenters. The molecule has 2 rings (SSSR count). The fraction of sp³-hybridized carbons (Fsp3) is 0.286. The number of nitrogens with two attached hydrogens (primary N) is 1. The molecule has 1 aromatic carbocycles. The number of amidine groups is 1. The summed E-state index contributed by atoms with van der Waals surface area (Å²) in [7, 11) is 0. The number of aryl methyl sites for hydroxylation is 1. The van der Waals surface area contributed by atoms with E-state index in [1.165, 1.54) is 4.88 Å². The number of rotatable bonds is 6. The standard InChI is InChI=1S/C14H17N3OS/c1-10-13(19-9-17-10)5-6-18-8-11-3-2-4-12(7-11)14(15)16/h2-4,7,9H,5-6,8H2,1H3,(H3,15,16). The molecule has 0 aliphatic carbocycles. The molecule has 19 heavy (non-hydrogen) atoms. The van der Waals surface area contributed by atoms with Crippen LogP contribution in [-0.2, 0) is 17.8 Å². The van der Waals surface area contributed by atoms with Crippen LogP contribution in [0.15, 0.2) is 29.8 Å². The molecule has 5 heteroatoms. The van der Waals surface area contributed by atoms with Crippen LogP contribution in [0.4, 0.5) is 0 Å². The predicted octanol–water partition coefficient (Wildman–Crippen LogP) is 2.49. The number of nitrogens with zero attached hydrogens (tertiary/aromatic N) is 1. The largest absolute Gasteiger partial charge is 0.384 e. The van der Waals surface area contributed by atoms with Crippen molar-refractivity contribution in [3.05, 3.63) is 51.5 Å². The Morgan fingerprint density at radius 2 is 2.32 bits per heavy atom. The highest BCUT2D eigenvalue weighted by Crippen LogP contribution is 2.13. The van der Waals surface area contributed by atoms with Gasteiger partial charge in [-0.2, -0.15) is 0 Å². The smallest absolute Gasteiger partial charge is 0.122 e. The number of ether oxygens (including phenoxy) is 1. The third kappa shape index (κ3) is 3.87. The van der Waals surface area contributed by atoms with Gasteiger partial charge in [0.2, 0.25) is 0 Å². The lowest BCUT2D eigenvalue weighted by molar-refractivity contribution is 0.124. The lowest BCUT2D eigenvalue weighted by Gasteiger charge is -2.05. The SMILES string of the molecule is Cc1ncsc1CCOCc1cccc(C(=N)N)c1. The van der Waals surface area contributed by atoms with Gasteiger partial charge in [-0.15, -0.1) is 11.3 Å². The quantitative estimate of drug-likeness (QED) is 0.483. The van der Waals surface area contributed by atoms with Crippen molar-refractivity contribution in [3.8, 4) is 0 Å². The summed E-state index contributed by atoms with van der Waals surface area (Å²) in [6.07, 6.45) is 0.892. The van der Waals surface area contributed by atoms with Gasteiger partial charge in [0.1, 0.15) is 5.84 Å². The van der Waals surface area contributed by atoms with Gasteiger partial charge in [0, 0.05) is 16.9 Å². The minimum absolute atomic E-state index is 0.0853. The van der Waals surface area contributed by atoms with Crippen LogP contribution in [-0.4, -0.2) is 17.4 Å². The van der Waals surface area contributed by atoms with Crippen molar-refractivity contribution in [2.75, 3.05) is 6.61 Å². The highest BCUT2D eigenvalue weighted by Gasteiger charge is 2.02. The van der Waals surface area contributed by atoms with Crippen molar-refractivity contribution in [2.45, 2.75) is 20.0 Å². The zero-order valence-corrected chi connectivity index (χ0v) is 11.7. The summed E-state index contributed by atoms with van der Waals surface area (Å²) in [6, 6.07) is 7.58. The van der Waals surface area contributed by atoms with Gasteiger partial charge in [0.25, 0.3) is 0 Å². The molecule has 0 amide bonds. The molecule has 0 saturated carbocycles. The van der Waals surface area contributed by atoms with E-state index >= 15 is 0 Å². The number of thiazole rings is 1. The molecule has 0 aliphatic rings. The van der Waals surface area contributed by atoms with E-state index in [-0.39, 0.29) is 5.84 Å². The molecule has 1 heterocycles. The van der Waals surface area contributed by atoms with E-state index < -0.39 is 0 Å². The van der Waals surface area contributed by atoms with Crippen molar-refractivity contribution in [2.24, 2.45) is 5.73 Å². The molecule has 1 aromatic heterocycles. The van der Waals surface area contributed by atoms with E-state index in [0.717, 1.165) is 23.2 Å². The Morgan fingerprint density at radius 1 is 1.47 bits per heavy atom. The van der Waals surface area contributed by atoms with E-state index in [9.17, 15) is 0 Å². The van der Waals surface area contributed by atoms with Gasteiger partial charge >= 0.3 is 0 Å². The number of aromatic nitrogens is 1. The maximum atomic E-state index is 7.39. The normalized spacial score (nSPS) is 10.6. The first kappa shape index (κ1) is 13.7. The van der Waals surface area contributed by atoms with Crippen LogP contribution >= 0.6 is 11.3 Å². The number of benzene rings is 1. The van der Waals surface area contributed by atoms with Crippen LogP contribution in [0.5, 0.6) is 0 Å². The average Bonchev–Trinajstić information content (AvgIpc) is 2.81. The van der Waals surface area contributed by atoms with Gasteiger partial charge in [-0.3, -0.25) is 5.41 Å². The molecule has 0 saturated heterocycles. The summed E-state index contributed by atoms with van der Waals surface area (Å²) < 4.78 is 5.65. The topological polar surface area (TPSA) is 72.0 Å². The zero-order valence-electron chi connectivity index (χ0n) is 10.8. The van der Waals surface area contributed by atoms with Gasteiger partial charge in [-0.1, -0.05) is 18.2 Å². The summed E-state index contributed by atoms with van der Waals surface area (Å²) in [4.78, 5) is 5.49. The van der Waals surface area contributed by atoms with E-state index in [0.29, 0.717) is 13.2 Å². The van der Waals surface area contributed by atoms with Gasteiger partial charge in [-0.05, 0) is 18.6 Å². The van der Waals surface area contributed by atoms with Crippen molar-refractivity contribution in [1.29, 1.82) is 5.41 Å². The molecule has 0 bridgehead atoms. The number of hydrogen-bond donors (Lipinski definition) is 2. The Bertz CT molecular complexity index is 565. The summed E-state index contributed by atoms with van der Waals surface area (Å²) in [6.45, 7) is 3.23. The molecule has 3 N–H and O–H groups in total. The summed E-state index contributed by atoms with van der Waals surface area (Å²) >= 11 is 1.67. The van der Waals surface area contributed by atoms with Gasteiger partial charge in [-0.25, -0.2) is 4.98 Å². The number of hydrogen-bond acceptors (Lipinski definition) is 4. The van der Waals surface area contributed by atoms with Crippen molar-refractivity contribution >= 4 is 17.2 Å². The van der Waals surface area contributed by atoms with E-state index in [4.69, 9.17) is 15.9 Å². The number of nitrogens with one attached hydrogen (secondary N) is 1. The minimum Gasteiger partial charge on any atom is -0.384 e. The van der Waals surface area contributed by atoms with Crippen LogP contribution in [0, 0.1) is 12.3 Å². The van der Waals surface area contributed by atoms with Crippen LogP contribution in [0.25, 0.3) is 0 Å². The Morgan fingerprint density at radius 3 is 3.00 bits per heavy atom. The molecule has 4 nitrogen and oxygen atoms in total. The average molecular weight is 275 g/mol. The van der Waals surface area contributed by atoms with Gasteiger partial charge < -0.3 is 10.5 Å². The lowest BCUT2D eigenvalue weighted by Crippen LogP contribution is -2.11. The molecule has 0 aliphatic heterocycles. The first-order chi connectivity index (χ1) is 9.16. The first-order valence-corrected chi connectivity index (χ1v) is 6.95. The Hall–Kier alpha value is -1.72. The second-order valence-electron chi connectivity index (χ2n) is 4.28. The van der Waals surface area contributed by atoms with E-state index in [1.54, 1.807) is 11.3 Å². The van der Waals surface area contributed by atoms with Crippen LogP contribution in [0.3, 0.4) is 0 Å². The van der Waals surface area contributed by atoms with Gasteiger partial charge in [0.15, 0.2) is 0 Å². The fourth-order valence-corrected chi connectivity index (χ4v) is 2.51. The van der Waals surface area contributed by atoms with E-state index in [2.05, 4.69) is 4.98 Å². The molecule has 2 aromatic rings. The summed E-state index contributed by atoms with van der Waals surface area (Å²) in [5, 5.41) is 7.39.